The fourth-order valence-corrected chi connectivity index (χ4v) is 6.08. The van der Waals surface area contributed by atoms with Crippen LogP contribution in [0.3, 0.4) is 0 Å². The van der Waals surface area contributed by atoms with Crippen LogP contribution in [-0.2, 0) is 22.4 Å². The van der Waals surface area contributed by atoms with Gasteiger partial charge in [-0.05, 0) is 78.9 Å². The summed E-state index contributed by atoms with van der Waals surface area (Å²) in [7, 11) is 0. The number of aromatic nitrogens is 2. The number of ketones is 1. The molecule has 3 aromatic carbocycles. The number of carbonyl (C=O) groups excluding carboxylic acids is 1. The Kier molecular flexibility index (Phi) is 9.54. The number of ether oxygens (including phenoxy) is 1. The van der Waals surface area contributed by atoms with Crippen LogP contribution in [0.2, 0.25) is 5.02 Å². The summed E-state index contributed by atoms with van der Waals surface area (Å²) in [5.41, 5.74) is 7.94. The Bertz CT molecular complexity index is 1610. The van der Waals surface area contributed by atoms with Crippen molar-refractivity contribution in [3.8, 4) is 11.3 Å². The van der Waals surface area contributed by atoms with E-state index in [0.717, 1.165) is 73.0 Å². The van der Waals surface area contributed by atoms with E-state index in [1.54, 1.807) is 0 Å². The number of morpholine rings is 1. The number of anilines is 4. The first-order valence-corrected chi connectivity index (χ1v) is 15.8. The fraction of sp³-hybridized carbons (Fsp3) is 0.306. The average Bonchev–Trinajstić information content (AvgIpc) is 3.07. The van der Waals surface area contributed by atoms with Crippen LogP contribution in [0.15, 0.2) is 85.6 Å². The predicted octanol–water partition coefficient (Wildman–Crippen LogP) is 7.26. The van der Waals surface area contributed by atoms with Gasteiger partial charge in [-0.15, -0.1) is 0 Å². The molecule has 0 amide bonds. The van der Waals surface area contributed by atoms with Crippen molar-refractivity contribution in [2.24, 2.45) is 0 Å². The second-order valence-electron chi connectivity index (χ2n) is 11.4. The van der Waals surface area contributed by atoms with E-state index in [1.807, 2.05) is 30.5 Å². The topological polar surface area (TPSA) is 70.6 Å². The molecule has 2 fully saturated rings. The van der Waals surface area contributed by atoms with E-state index >= 15 is 0 Å². The molecule has 1 N–H and O–H groups in total. The second kappa shape index (κ2) is 14.1. The number of nitrogens with one attached hydrogen (secondary N) is 1. The van der Waals surface area contributed by atoms with E-state index < -0.39 is 0 Å². The number of hydrogen-bond acceptors (Lipinski definition) is 7. The number of nitrogens with zero attached hydrogens (tertiary/aromatic N) is 4. The summed E-state index contributed by atoms with van der Waals surface area (Å²) in [5.74, 6) is 0.434. The maximum Gasteiger partial charge on any atom is 0.227 e. The molecule has 44 heavy (non-hydrogen) atoms. The van der Waals surface area contributed by atoms with E-state index in [4.69, 9.17) is 26.3 Å². The Balaban J connectivity index is 1.30. The van der Waals surface area contributed by atoms with Gasteiger partial charge in [-0.1, -0.05) is 42.4 Å². The first kappa shape index (κ1) is 29.9. The fourth-order valence-electron chi connectivity index (χ4n) is 5.89. The third-order valence-corrected chi connectivity index (χ3v) is 8.68. The minimum Gasteiger partial charge on any atom is -0.378 e. The van der Waals surface area contributed by atoms with Crippen molar-refractivity contribution in [2.75, 3.05) is 54.5 Å². The highest BCUT2D eigenvalue weighted by Crippen LogP contribution is 2.31. The quantitative estimate of drug-likeness (QED) is 0.190. The van der Waals surface area contributed by atoms with Gasteiger partial charge in [0.1, 0.15) is 0 Å². The first-order valence-electron chi connectivity index (χ1n) is 15.4. The molecule has 0 saturated carbocycles. The molecule has 0 radical (unpaired) electrons. The summed E-state index contributed by atoms with van der Waals surface area (Å²) < 4.78 is 5.51. The predicted molar refractivity (Wildman–Crippen MR) is 179 cm³/mol. The normalized spacial score (nSPS) is 15.2. The Morgan fingerprint density at radius 1 is 0.909 bits per heavy atom. The van der Waals surface area contributed by atoms with E-state index in [2.05, 4.69) is 64.2 Å². The van der Waals surface area contributed by atoms with Crippen molar-refractivity contribution in [3.05, 3.63) is 107 Å². The van der Waals surface area contributed by atoms with Gasteiger partial charge in [0.2, 0.25) is 5.95 Å². The molecule has 3 heterocycles. The Morgan fingerprint density at radius 3 is 2.45 bits per heavy atom. The molecule has 7 nitrogen and oxygen atoms in total. The van der Waals surface area contributed by atoms with Gasteiger partial charge in [0.05, 0.1) is 18.9 Å². The molecule has 6 rings (SSSR count). The monoisotopic (exact) mass is 607 g/mol. The summed E-state index contributed by atoms with van der Waals surface area (Å²) in [5, 5.41) is 3.99. The van der Waals surface area contributed by atoms with Crippen LogP contribution in [0.5, 0.6) is 0 Å². The Hall–Kier alpha value is -4.20. The van der Waals surface area contributed by atoms with Crippen LogP contribution in [0, 0.1) is 0 Å². The lowest BCUT2D eigenvalue weighted by atomic mass is 9.98. The molecule has 0 bridgehead atoms. The number of rotatable bonds is 10. The largest absolute Gasteiger partial charge is 0.378 e. The molecule has 226 valence electrons. The lowest BCUT2D eigenvalue weighted by Gasteiger charge is -2.29. The number of allylic oxidation sites excluding steroid dienone is 1. The third-order valence-electron chi connectivity index (χ3n) is 8.31. The van der Waals surface area contributed by atoms with E-state index in [1.165, 1.54) is 36.7 Å². The van der Waals surface area contributed by atoms with Crippen LogP contribution in [0.1, 0.15) is 36.0 Å². The molecule has 1 aromatic heterocycles. The van der Waals surface area contributed by atoms with Gasteiger partial charge in [-0.3, -0.25) is 4.79 Å². The summed E-state index contributed by atoms with van der Waals surface area (Å²) in [6.07, 6.45) is 7.83. The summed E-state index contributed by atoms with van der Waals surface area (Å²) in [6.45, 7) is 9.10. The number of piperidine rings is 1. The third kappa shape index (κ3) is 7.29. The maximum absolute atomic E-state index is 12.2. The summed E-state index contributed by atoms with van der Waals surface area (Å²) in [6, 6.07) is 22.9. The minimum atomic E-state index is -0.0803. The Labute approximate surface area is 264 Å². The molecule has 4 aromatic rings. The molecule has 2 saturated heterocycles. The molecular formula is C36H38ClN5O2. The van der Waals surface area contributed by atoms with E-state index in [0.29, 0.717) is 17.4 Å². The molecular weight excluding hydrogens is 570 g/mol. The number of halogens is 1. The minimum absolute atomic E-state index is 0.0803. The van der Waals surface area contributed by atoms with Crippen LogP contribution in [0.25, 0.3) is 11.3 Å². The van der Waals surface area contributed by atoms with Crippen molar-refractivity contribution >= 4 is 40.4 Å². The maximum atomic E-state index is 12.2. The van der Waals surface area contributed by atoms with Gasteiger partial charge in [-0.2, -0.15) is 0 Å². The second-order valence-corrected chi connectivity index (χ2v) is 11.8. The van der Waals surface area contributed by atoms with Gasteiger partial charge in [0.25, 0.3) is 0 Å². The number of hydrogen-bond donors (Lipinski definition) is 1. The van der Waals surface area contributed by atoms with Crippen molar-refractivity contribution in [1.82, 2.24) is 9.97 Å². The number of benzene rings is 3. The van der Waals surface area contributed by atoms with Crippen molar-refractivity contribution in [1.29, 1.82) is 0 Å². The lowest BCUT2D eigenvalue weighted by Crippen LogP contribution is -2.36. The van der Waals surface area contributed by atoms with Crippen LogP contribution in [-0.4, -0.2) is 55.1 Å². The summed E-state index contributed by atoms with van der Waals surface area (Å²) >= 11 is 6.50. The molecule has 2 aliphatic rings. The Morgan fingerprint density at radius 2 is 1.68 bits per heavy atom. The molecule has 0 unspecified atom stereocenters. The zero-order valence-electron chi connectivity index (χ0n) is 25.0. The van der Waals surface area contributed by atoms with E-state index in [-0.39, 0.29) is 12.2 Å². The highest BCUT2D eigenvalue weighted by atomic mass is 35.5. The van der Waals surface area contributed by atoms with Crippen LogP contribution in [0.4, 0.5) is 23.0 Å². The molecule has 0 aliphatic carbocycles. The molecule has 0 spiro atoms. The lowest BCUT2D eigenvalue weighted by molar-refractivity contribution is -0.114. The smallest absolute Gasteiger partial charge is 0.227 e. The van der Waals surface area contributed by atoms with Crippen molar-refractivity contribution in [3.63, 3.8) is 0 Å². The van der Waals surface area contributed by atoms with Crippen molar-refractivity contribution in [2.45, 2.75) is 32.1 Å². The molecule has 0 atom stereocenters. The van der Waals surface area contributed by atoms with Gasteiger partial charge in [0.15, 0.2) is 5.78 Å². The van der Waals surface area contributed by atoms with Crippen LogP contribution >= 0.6 is 11.6 Å². The zero-order chi connectivity index (χ0) is 30.3. The van der Waals surface area contributed by atoms with E-state index in [9.17, 15) is 4.79 Å². The number of carbonyl (C=O) groups is 1. The van der Waals surface area contributed by atoms with Crippen molar-refractivity contribution < 1.29 is 9.53 Å². The highest BCUT2D eigenvalue weighted by molar-refractivity contribution is 6.31. The van der Waals surface area contributed by atoms with Gasteiger partial charge in [0, 0.05) is 78.4 Å². The van der Waals surface area contributed by atoms with Crippen LogP contribution < -0.4 is 15.1 Å². The first-order chi connectivity index (χ1) is 21.6. The highest BCUT2D eigenvalue weighted by Gasteiger charge is 2.16. The van der Waals surface area contributed by atoms with Gasteiger partial charge in [-0.25, -0.2) is 9.97 Å². The summed E-state index contributed by atoms with van der Waals surface area (Å²) in [4.78, 5) is 26.8. The standard InChI is InChI=1S/C36H38ClN5O2/c1-2-33(43)23-28-22-27(11-14-34(28)37)35-29(21-26-9-12-31(13-10-26)42-17-19-44-20-18-42)25-38-36(40-35)39-30-7-6-8-32(24-30)41-15-4-3-5-16-41/h2,6-14,22,24-25H,1,3-5,15-21,23H2,(H,38,39,40). The molecule has 8 heteroatoms. The van der Waals surface area contributed by atoms with Gasteiger partial charge >= 0.3 is 0 Å². The van der Waals surface area contributed by atoms with Gasteiger partial charge < -0.3 is 19.9 Å². The SMILES string of the molecule is C=CC(=O)Cc1cc(-c2nc(Nc3cccc(N4CCCCC4)c3)ncc2Cc2ccc(N3CCOCC3)cc2)ccc1Cl. The zero-order valence-corrected chi connectivity index (χ0v) is 25.7. The molecule has 2 aliphatic heterocycles. The average molecular weight is 608 g/mol.